The summed E-state index contributed by atoms with van der Waals surface area (Å²) in [4.78, 5) is 23.5. The van der Waals surface area contributed by atoms with E-state index in [1.165, 1.54) is 4.68 Å². The molecule has 2 aromatic rings. The Hall–Kier alpha value is -2.01. The van der Waals surface area contributed by atoms with Crippen LogP contribution >= 0.6 is 11.6 Å². The zero-order valence-electron chi connectivity index (χ0n) is 10.4. The maximum Gasteiger partial charge on any atom is 0.357 e. The molecule has 6 heteroatoms. The number of benzene rings is 1. The summed E-state index contributed by atoms with van der Waals surface area (Å²) in [5, 5.41) is 2.54. The number of hydrogen-bond donors (Lipinski definition) is 1. The van der Waals surface area contributed by atoms with Crippen molar-refractivity contribution in [3.63, 3.8) is 0 Å². The second kappa shape index (κ2) is 5.75. The second-order valence-electron chi connectivity index (χ2n) is 3.90. The van der Waals surface area contributed by atoms with E-state index in [1.54, 1.807) is 6.92 Å². The van der Waals surface area contributed by atoms with Gasteiger partial charge in [0.05, 0.1) is 13.2 Å². The maximum absolute atomic E-state index is 11.9. The first kappa shape index (κ1) is 13.4. The van der Waals surface area contributed by atoms with Crippen molar-refractivity contribution in [2.45, 2.75) is 13.5 Å². The average Bonchev–Trinajstić information content (AvgIpc) is 2.69. The van der Waals surface area contributed by atoms with E-state index in [1.807, 2.05) is 30.3 Å². The Morgan fingerprint density at radius 2 is 2.05 bits per heavy atom. The fraction of sp³-hybridized carbons (Fsp3) is 0.231. The van der Waals surface area contributed by atoms with E-state index in [9.17, 15) is 9.59 Å². The molecule has 0 radical (unpaired) electrons. The number of nitrogens with zero attached hydrogens (tertiary/aromatic N) is 1. The van der Waals surface area contributed by atoms with Crippen molar-refractivity contribution < 1.29 is 9.53 Å². The number of nitrogens with one attached hydrogen (secondary N) is 1. The molecule has 0 amide bonds. The molecule has 100 valence electrons. The normalized spacial score (nSPS) is 10.4. The molecule has 1 heterocycles. The Bertz CT molecular complexity index is 631. The highest BCUT2D eigenvalue weighted by molar-refractivity contribution is 6.33. The minimum absolute atomic E-state index is 0.00977. The molecule has 1 N–H and O–H groups in total. The summed E-state index contributed by atoms with van der Waals surface area (Å²) in [7, 11) is 0. The number of aromatic nitrogens is 2. The Morgan fingerprint density at radius 3 is 2.68 bits per heavy atom. The third-order valence-electron chi connectivity index (χ3n) is 2.56. The average molecular weight is 281 g/mol. The van der Waals surface area contributed by atoms with Crippen LogP contribution in [0.3, 0.4) is 0 Å². The SMILES string of the molecule is CCOC(=O)c1[nH]n(Cc2ccccc2)c(=O)c1Cl. The molecule has 0 aliphatic heterocycles. The van der Waals surface area contributed by atoms with Crippen molar-refractivity contribution >= 4 is 17.6 Å². The van der Waals surface area contributed by atoms with Gasteiger partial charge in [0.15, 0.2) is 5.69 Å². The Balaban J connectivity index is 2.31. The summed E-state index contributed by atoms with van der Waals surface area (Å²) >= 11 is 5.85. The number of rotatable bonds is 4. The molecule has 2 rings (SSSR count). The predicted octanol–water partition coefficient (Wildman–Crippen LogP) is 2.05. The summed E-state index contributed by atoms with van der Waals surface area (Å²) in [6.07, 6.45) is 0. The monoisotopic (exact) mass is 280 g/mol. The van der Waals surface area contributed by atoms with Crippen molar-refractivity contribution in [2.24, 2.45) is 0 Å². The smallest absolute Gasteiger partial charge is 0.357 e. The van der Waals surface area contributed by atoms with Gasteiger partial charge >= 0.3 is 5.97 Å². The van der Waals surface area contributed by atoms with Gasteiger partial charge in [-0.2, -0.15) is 0 Å². The Kier molecular flexibility index (Phi) is 4.06. The molecule has 0 fully saturated rings. The molecule has 0 unspecified atom stereocenters. The molecule has 0 aliphatic carbocycles. The molecule has 0 saturated heterocycles. The molecule has 0 bridgehead atoms. The summed E-state index contributed by atoms with van der Waals surface area (Å²) in [5.74, 6) is -0.628. The first-order valence-corrected chi connectivity index (χ1v) is 6.20. The summed E-state index contributed by atoms with van der Waals surface area (Å²) in [5.41, 5.74) is 0.482. The minimum atomic E-state index is -0.628. The highest BCUT2D eigenvalue weighted by Gasteiger charge is 2.19. The first-order valence-electron chi connectivity index (χ1n) is 5.82. The van der Waals surface area contributed by atoms with Gasteiger partial charge in [-0.1, -0.05) is 41.9 Å². The van der Waals surface area contributed by atoms with Gasteiger partial charge in [0.1, 0.15) is 5.02 Å². The van der Waals surface area contributed by atoms with Crippen LogP contribution in [-0.2, 0) is 11.3 Å². The molecule has 1 aromatic carbocycles. The molecule has 5 nitrogen and oxygen atoms in total. The van der Waals surface area contributed by atoms with Gasteiger partial charge < -0.3 is 4.74 Å². The van der Waals surface area contributed by atoms with E-state index < -0.39 is 11.5 Å². The van der Waals surface area contributed by atoms with Crippen LogP contribution in [0.25, 0.3) is 0 Å². The first-order chi connectivity index (χ1) is 9.13. The van der Waals surface area contributed by atoms with Crippen molar-refractivity contribution in [3.05, 3.63) is 57.0 Å². The van der Waals surface area contributed by atoms with Crippen LogP contribution in [0.4, 0.5) is 0 Å². The van der Waals surface area contributed by atoms with Gasteiger partial charge in [0.2, 0.25) is 0 Å². The fourth-order valence-corrected chi connectivity index (χ4v) is 1.90. The molecule has 0 saturated carbocycles. The van der Waals surface area contributed by atoms with Crippen molar-refractivity contribution in [1.82, 2.24) is 9.78 Å². The lowest BCUT2D eigenvalue weighted by molar-refractivity contribution is 0.0518. The van der Waals surface area contributed by atoms with Gasteiger partial charge in [-0.3, -0.25) is 9.89 Å². The van der Waals surface area contributed by atoms with E-state index in [0.717, 1.165) is 5.56 Å². The van der Waals surface area contributed by atoms with E-state index in [-0.39, 0.29) is 17.3 Å². The number of carbonyl (C=O) groups is 1. The largest absolute Gasteiger partial charge is 0.461 e. The van der Waals surface area contributed by atoms with Crippen LogP contribution in [-0.4, -0.2) is 22.4 Å². The maximum atomic E-state index is 11.9. The molecular weight excluding hydrogens is 268 g/mol. The summed E-state index contributed by atoms with van der Waals surface area (Å²) in [6.45, 7) is 2.23. The summed E-state index contributed by atoms with van der Waals surface area (Å²) in [6, 6.07) is 9.39. The van der Waals surface area contributed by atoms with Crippen LogP contribution in [0.15, 0.2) is 35.1 Å². The van der Waals surface area contributed by atoms with Gasteiger partial charge in [-0.05, 0) is 12.5 Å². The number of halogens is 1. The number of esters is 1. The lowest BCUT2D eigenvalue weighted by Gasteiger charge is -2.02. The van der Waals surface area contributed by atoms with Crippen LogP contribution in [0.1, 0.15) is 23.0 Å². The van der Waals surface area contributed by atoms with Gasteiger partial charge in [0.25, 0.3) is 5.56 Å². The topological polar surface area (TPSA) is 64.1 Å². The molecule has 19 heavy (non-hydrogen) atoms. The van der Waals surface area contributed by atoms with E-state index >= 15 is 0 Å². The summed E-state index contributed by atoms with van der Waals surface area (Å²) < 4.78 is 6.10. The third-order valence-corrected chi connectivity index (χ3v) is 2.91. The van der Waals surface area contributed by atoms with Gasteiger partial charge in [0, 0.05) is 0 Å². The quantitative estimate of drug-likeness (QED) is 0.872. The lowest BCUT2D eigenvalue weighted by Crippen LogP contribution is -2.17. The number of aromatic amines is 1. The molecule has 0 atom stereocenters. The minimum Gasteiger partial charge on any atom is -0.461 e. The van der Waals surface area contributed by atoms with Crippen molar-refractivity contribution in [2.75, 3.05) is 6.61 Å². The predicted molar refractivity (Wildman–Crippen MR) is 71.6 cm³/mol. The van der Waals surface area contributed by atoms with Crippen molar-refractivity contribution in [1.29, 1.82) is 0 Å². The van der Waals surface area contributed by atoms with Crippen molar-refractivity contribution in [3.8, 4) is 0 Å². The highest BCUT2D eigenvalue weighted by atomic mass is 35.5. The van der Waals surface area contributed by atoms with Gasteiger partial charge in [-0.25, -0.2) is 9.48 Å². The zero-order valence-corrected chi connectivity index (χ0v) is 11.1. The zero-order chi connectivity index (χ0) is 13.8. The van der Waals surface area contributed by atoms with E-state index in [4.69, 9.17) is 16.3 Å². The number of carbonyl (C=O) groups excluding carboxylic acids is 1. The number of hydrogen-bond acceptors (Lipinski definition) is 3. The van der Waals surface area contributed by atoms with E-state index in [2.05, 4.69) is 5.10 Å². The van der Waals surface area contributed by atoms with E-state index in [0.29, 0.717) is 6.54 Å². The molecular formula is C13H13ClN2O3. The number of ether oxygens (including phenoxy) is 1. The Morgan fingerprint density at radius 1 is 1.37 bits per heavy atom. The van der Waals surface area contributed by atoms with Crippen LogP contribution < -0.4 is 5.56 Å². The Labute approximate surface area is 114 Å². The van der Waals surface area contributed by atoms with Crippen LogP contribution in [0.2, 0.25) is 5.02 Å². The van der Waals surface area contributed by atoms with Crippen LogP contribution in [0.5, 0.6) is 0 Å². The molecule has 1 aromatic heterocycles. The third kappa shape index (κ3) is 2.88. The van der Waals surface area contributed by atoms with Crippen LogP contribution in [0, 0.1) is 0 Å². The van der Waals surface area contributed by atoms with Gasteiger partial charge in [-0.15, -0.1) is 0 Å². The molecule has 0 aliphatic rings. The molecule has 0 spiro atoms. The lowest BCUT2D eigenvalue weighted by atomic mass is 10.2. The fourth-order valence-electron chi connectivity index (χ4n) is 1.68. The number of H-pyrrole nitrogens is 1. The second-order valence-corrected chi connectivity index (χ2v) is 4.28. The highest BCUT2D eigenvalue weighted by Crippen LogP contribution is 2.11. The standard InChI is InChI=1S/C13H13ClN2O3/c1-2-19-13(18)11-10(14)12(17)16(15-11)8-9-6-4-3-5-7-9/h3-7,15H,2,8H2,1H3.